The number of hydrogen-bond acceptors (Lipinski definition) is 8. The lowest BCUT2D eigenvalue weighted by Gasteiger charge is -1.68. The average Bonchev–Trinajstić information content (AvgIpc) is 3.28. The van der Waals surface area contributed by atoms with Crippen LogP contribution in [-0.4, -0.2) is 43.9 Å². The van der Waals surface area contributed by atoms with Gasteiger partial charge in [0.25, 0.3) is 0 Å². The molecule has 0 saturated heterocycles. The molecular weight excluding hydrogens is 658 g/mol. The number of aliphatic hydroxyl groups excluding tert-OH is 1. The van der Waals surface area contributed by atoms with Gasteiger partial charge in [0.1, 0.15) is 4.60 Å². The van der Waals surface area contributed by atoms with Crippen molar-refractivity contribution < 1.29 is 16.5 Å². The van der Waals surface area contributed by atoms with Crippen molar-refractivity contribution in [3.8, 4) is 0 Å². The van der Waals surface area contributed by atoms with E-state index >= 15 is 0 Å². The van der Waals surface area contributed by atoms with E-state index < -0.39 is 0 Å². The van der Waals surface area contributed by atoms with Crippen LogP contribution in [0.2, 0.25) is 0 Å². The molecule has 2 heterocycles. The summed E-state index contributed by atoms with van der Waals surface area (Å²) in [5, 5.41) is 18.2. The number of hydrogen-bond donors (Lipinski definition) is 3. The molecule has 0 aromatic carbocycles. The molecule has 0 fully saturated rings. The number of nitrogens with zero attached hydrogens (tertiary/aromatic N) is 3. The van der Waals surface area contributed by atoms with Crippen LogP contribution in [0.4, 0.5) is 5.13 Å². The number of carbonyl (C=O) groups excluding carboxylic acids is 1. The minimum atomic E-state index is 0.194. The van der Waals surface area contributed by atoms with Gasteiger partial charge in [0.2, 0.25) is 4.60 Å². The van der Waals surface area contributed by atoms with Gasteiger partial charge >= 0.3 is 5.13 Å². The van der Waals surface area contributed by atoms with Crippen molar-refractivity contribution in [1.82, 2.24) is 9.97 Å². The number of halogens is 5. The first-order chi connectivity index (χ1) is 12.5. The van der Waals surface area contributed by atoms with Crippen molar-refractivity contribution in [3.63, 3.8) is 0 Å². The highest BCUT2D eigenvalue weighted by molar-refractivity contribution is 14.1. The maximum atomic E-state index is 9.95. The Morgan fingerprint density at radius 1 is 1.36 bits per heavy atom. The second kappa shape index (κ2) is 29.3. The average molecular weight is 674 g/mol. The molecule has 2 rings (SSSR count). The summed E-state index contributed by atoms with van der Waals surface area (Å²) >= 11 is 20.4. The minimum absolute atomic E-state index is 0.194. The number of thiazole rings is 2. The Labute approximate surface area is 196 Å². The number of aliphatic hydroxyl groups is 1. The van der Waals surface area contributed by atoms with E-state index in [0.717, 1.165) is 22.6 Å². The summed E-state index contributed by atoms with van der Waals surface area (Å²) in [6, 6.07) is 0. The maximum absolute atomic E-state index is 9.95. The Morgan fingerprint density at radius 3 is 1.92 bits per heavy atom. The van der Waals surface area contributed by atoms with Crippen LogP contribution in [0, 0.1) is 6.57 Å². The Morgan fingerprint density at radius 2 is 1.76 bits per heavy atom. The van der Waals surface area contributed by atoms with Gasteiger partial charge in [-0.2, -0.15) is 0 Å². The maximum Gasteiger partial charge on any atom is 0.330 e. The fourth-order valence-electron chi connectivity index (χ4n) is 0.618. The number of alkyl halides is 3. The van der Waals surface area contributed by atoms with Gasteiger partial charge in [-0.05, 0) is 20.8 Å². The van der Waals surface area contributed by atoms with Gasteiger partial charge in [-0.25, -0.2) is 10.9 Å². The van der Waals surface area contributed by atoms with Crippen LogP contribution < -0.4 is 5.90 Å². The fourth-order valence-corrected chi connectivity index (χ4v) is 2.71. The van der Waals surface area contributed by atoms with Crippen molar-refractivity contribution >= 4 is 112 Å². The first-order valence-corrected chi connectivity index (χ1v) is 11.1. The van der Waals surface area contributed by atoms with Gasteiger partial charge in [0.05, 0.1) is 5.34 Å². The number of rotatable bonds is 1. The molecule has 0 aliphatic rings. The lowest BCUT2D eigenvalue weighted by molar-refractivity contribution is 0.112. The van der Waals surface area contributed by atoms with E-state index in [1.54, 1.807) is 10.8 Å². The molecule has 0 amide bonds. The predicted octanol–water partition coefficient (Wildman–Crippen LogP) is 5.59. The van der Waals surface area contributed by atoms with Gasteiger partial charge < -0.3 is 15.2 Å². The van der Waals surface area contributed by atoms with Crippen LogP contribution in [0.15, 0.2) is 20.0 Å². The molecule has 0 aliphatic carbocycles. The smallest absolute Gasteiger partial charge is 0.330 e. The van der Waals surface area contributed by atoms with Crippen molar-refractivity contribution in [2.24, 2.45) is 5.90 Å². The van der Waals surface area contributed by atoms with Crippen LogP contribution >= 0.6 is 100 Å². The van der Waals surface area contributed by atoms with Gasteiger partial charge in [-0.1, -0.05) is 29.2 Å². The third-order valence-corrected chi connectivity index (χ3v) is 4.08. The minimum Gasteiger partial charge on any atom is -0.400 e. The zero-order chi connectivity index (χ0) is 21.4. The predicted molar refractivity (Wildman–Crippen MR) is 122 cm³/mol. The van der Waals surface area contributed by atoms with Gasteiger partial charge in [-0.15, -0.1) is 50.9 Å². The topological polar surface area (TPSA) is 114 Å². The molecule has 144 valence electrons. The van der Waals surface area contributed by atoms with Crippen LogP contribution in [0.1, 0.15) is 11.2 Å². The van der Waals surface area contributed by atoms with E-state index in [0.29, 0.717) is 15.0 Å². The number of aromatic nitrogens is 2. The van der Waals surface area contributed by atoms with Crippen molar-refractivity contribution in [2.45, 2.75) is 0 Å². The van der Waals surface area contributed by atoms with Gasteiger partial charge in [0, 0.05) is 35.2 Å². The largest absolute Gasteiger partial charge is 0.400 e. The lowest BCUT2D eigenvalue weighted by atomic mass is 10.8. The molecule has 0 saturated carbocycles. The van der Waals surface area contributed by atoms with E-state index in [2.05, 4.69) is 52.6 Å². The molecule has 2 aromatic rings. The summed E-state index contributed by atoms with van der Waals surface area (Å²) < 4.78 is 7.67. The highest BCUT2D eigenvalue weighted by Crippen LogP contribution is 2.21. The molecular formula is C11H15Br2Cl2IN4O3S2. The first kappa shape index (κ1) is 30.3. The summed E-state index contributed by atoms with van der Waals surface area (Å²) in [6.07, 6.45) is 0.732. The molecule has 25 heavy (non-hydrogen) atoms. The molecule has 2 aromatic heterocycles. The molecule has 0 bridgehead atoms. The highest BCUT2D eigenvalue weighted by Gasteiger charge is 1.97. The lowest BCUT2D eigenvalue weighted by Crippen LogP contribution is -1.72. The third-order valence-electron chi connectivity index (χ3n) is 1.15. The van der Waals surface area contributed by atoms with Crippen LogP contribution in [0.25, 0.3) is 4.85 Å². The van der Waals surface area contributed by atoms with Crippen molar-refractivity contribution in [3.05, 3.63) is 36.4 Å². The third kappa shape index (κ3) is 24.6. The van der Waals surface area contributed by atoms with E-state index in [1.807, 2.05) is 22.6 Å². The standard InChI is InChI=1S/C4HBrN2S.C4H2BrNOS.CH2Cl2.CH3I.CH4O.H3NO/c1-6-4-7-3(5)2-8-4;5-3-2-8-4(1-7)6-3;2-1-3;3*1-2/h2H;1-2H;1H2;1H3;2H,1H3;2H,1H2/i;;;1D;;. The van der Waals surface area contributed by atoms with E-state index in [-0.39, 0.29) is 5.34 Å². The Balaban J connectivity index is -0.000000126. The molecule has 0 spiro atoms. The summed E-state index contributed by atoms with van der Waals surface area (Å²) in [7, 11) is 1.00. The molecule has 7 nitrogen and oxygen atoms in total. The molecule has 0 radical (unpaired) electrons. The summed E-state index contributed by atoms with van der Waals surface area (Å²) in [5.74, 6) is 3.50. The monoisotopic (exact) mass is 671 g/mol. The SMILES string of the molecule is CO.ClCCl.NO.O=Cc1nc(Br)cs1.[2H]CI.[C-]#[N+]c1nc(Br)cs1. The number of aldehydes is 1. The number of nitrogens with two attached hydrogens (primary N) is 1. The second-order valence-electron chi connectivity index (χ2n) is 2.29. The van der Waals surface area contributed by atoms with E-state index in [4.69, 9.17) is 41.5 Å². The quantitative estimate of drug-likeness (QED) is 0.120. The van der Waals surface area contributed by atoms with Crippen molar-refractivity contribution in [2.75, 3.05) is 17.4 Å². The Bertz CT molecular complexity index is 578. The summed E-state index contributed by atoms with van der Waals surface area (Å²) in [4.78, 5) is 21.1. The van der Waals surface area contributed by atoms with Crippen LogP contribution in [0.3, 0.4) is 0 Å². The van der Waals surface area contributed by atoms with E-state index in [1.165, 1.54) is 22.7 Å². The number of carbonyl (C=O) groups is 1. The molecule has 0 aliphatic heterocycles. The Hall–Kier alpha value is 0.570. The fraction of sp³-hybridized carbons (Fsp3) is 0.273. The molecule has 0 atom stereocenters. The zero-order valence-corrected chi connectivity index (χ0v) is 21.0. The second-order valence-corrected chi connectivity index (χ2v) is 6.45. The molecule has 14 heteroatoms. The van der Waals surface area contributed by atoms with Crippen LogP contribution in [-0.2, 0) is 0 Å². The summed E-state index contributed by atoms with van der Waals surface area (Å²) in [5.41, 5.74) is 0. The van der Waals surface area contributed by atoms with E-state index in [9.17, 15) is 4.79 Å². The summed E-state index contributed by atoms with van der Waals surface area (Å²) in [6.45, 7) is 6.51. The normalized spacial score (nSPS) is 7.60. The highest BCUT2D eigenvalue weighted by atomic mass is 127. The van der Waals surface area contributed by atoms with Crippen molar-refractivity contribution in [1.29, 1.82) is 0 Å². The van der Waals surface area contributed by atoms with Gasteiger partial charge in [-0.3, -0.25) is 4.79 Å². The van der Waals surface area contributed by atoms with Gasteiger partial charge in [0.15, 0.2) is 11.3 Å². The zero-order valence-electron chi connectivity index (χ0n) is 13.6. The Kier molecular flexibility index (Phi) is 35.6. The molecule has 0 unspecified atom stereocenters. The molecule has 4 N–H and O–H groups in total. The van der Waals surface area contributed by atoms with Crippen LogP contribution in [0.5, 0.6) is 0 Å². The first-order valence-electron chi connectivity index (χ1n) is 5.92.